The summed E-state index contributed by atoms with van der Waals surface area (Å²) in [6.45, 7) is 3.89. The third-order valence-corrected chi connectivity index (χ3v) is 4.82. The Balaban J connectivity index is 2.06. The number of carbonyl (C=O) groups excluding carboxylic acids is 2. The van der Waals surface area contributed by atoms with Crippen molar-refractivity contribution in [3.8, 4) is 11.3 Å². The Hall–Kier alpha value is -2.45. The van der Waals surface area contributed by atoms with E-state index in [1.807, 2.05) is 50.2 Å². The van der Waals surface area contributed by atoms with Gasteiger partial charge in [-0.05, 0) is 36.1 Å². The third kappa shape index (κ3) is 6.27. The van der Waals surface area contributed by atoms with Gasteiger partial charge in [0.05, 0.1) is 17.8 Å². The fourth-order valence-corrected chi connectivity index (χ4v) is 3.05. The second-order valence-corrected chi connectivity index (χ2v) is 7.87. The lowest BCUT2D eigenvalue weighted by atomic mass is 9.89. The number of aromatic nitrogens is 1. The van der Waals surface area contributed by atoms with Gasteiger partial charge in [0.25, 0.3) is 0 Å². The Kier molecular flexibility index (Phi) is 7.75. The van der Waals surface area contributed by atoms with Gasteiger partial charge in [-0.25, -0.2) is 0 Å². The van der Waals surface area contributed by atoms with Crippen LogP contribution in [0, 0.1) is 5.92 Å². The predicted molar refractivity (Wildman–Crippen MR) is 113 cm³/mol. The second kappa shape index (κ2) is 9.84. The second-order valence-electron chi connectivity index (χ2n) is 7.87. The summed E-state index contributed by atoms with van der Waals surface area (Å²) in [6.07, 6.45) is 0.231. The Bertz CT molecular complexity index is 837. The van der Waals surface area contributed by atoms with Gasteiger partial charge in [-0.3, -0.25) is 14.6 Å². The molecule has 2 atom stereocenters. The largest absolute Gasteiger partial charge is 0.389 e. The van der Waals surface area contributed by atoms with Crippen LogP contribution in [-0.2, 0) is 16.0 Å². The van der Waals surface area contributed by atoms with Crippen LogP contribution in [-0.4, -0.2) is 39.5 Å². The summed E-state index contributed by atoms with van der Waals surface area (Å²) in [4.78, 5) is 29.2. The highest BCUT2D eigenvalue weighted by molar-refractivity contribution is 5.92. The molecule has 0 spiro atoms. The van der Waals surface area contributed by atoms with E-state index >= 15 is 0 Å². The third-order valence-electron chi connectivity index (χ3n) is 4.82. The topological polar surface area (TPSA) is 145 Å². The SMILES string of the molecule is CC(C)C[C@H](N)C(=O)CC(O)C(N)(N)C(=O)Cc1cccc(-c2ccccn2)c1. The van der Waals surface area contributed by atoms with E-state index in [9.17, 15) is 14.7 Å². The lowest BCUT2D eigenvalue weighted by molar-refractivity contribution is -0.130. The molecule has 7 N–H and O–H groups in total. The number of rotatable bonds is 10. The molecule has 0 fully saturated rings. The monoisotopic (exact) mass is 398 g/mol. The standard InChI is InChI=1S/C22H30N4O3/c1-14(2)10-17(23)19(27)13-21(29)22(24,25)20(28)12-15-6-5-7-16(11-15)18-8-3-4-9-26-18/h3-9,11,14,17,21,29H,10,12-13,23-25H2,1-2H3/t17-,21?/m0/s1. The molecule has 156 valence electrons. The Labute approximate surface area is 171 Å². The molecule has 0 aliphatic rings. The van der Waals surface area contributed by atoms with E-state index < -0.39 is 23.6 Å². The minimum absolute atomic E-state index is 0.0724. The normalized spacial score (nSPS) is 13.9. The highest BCUT2D eigenvalue weighted by Gasteiger charge is 2.38. The van der Waals surface area contributed by atoms with E-state index in [2.05, 4.69) is 4.98 Å². The number of nitrogens with two attached hydrogens (primary N) is 3. The molecule has 1 aromatic heterocycles. The van der Waals surface area contributed by atoms with Crippen LogP contribution in [0.2, 0.25) is 0 Å². The van der Waals surface area contributed by atoms with Gasteiger partial charge in [-0.1, -0.05) is 38.1 Å². The van der Waals surface area contributed by atoms with Gasteiger partial charge in [0.2, 0.25) is 0 Å². The van der Waals surface area contributed by atoms with Crippen molar-refractivity contribution >= 4 is 11.6 Å². The molecule has 7 heteroatoms. The van der Waals surface area contributed by atoms with E-state index in [1.165, 1.54) is 0 Å². The number of hydrogen-bond acceptors (Lipinski definition) is 7. The van der Waals surface area contributed by atoms with Crippen molar-refractivity contribution in [1.82, 2.24) is 4.98 Å². The van der Waals surface area contributed by atoms with Crippen molar-refractivity contribution in [1.29, 1.82) is 0 Å². The fourth-order valence-electron chi connectivity index (χ4n) is 3.05. The molecule has 7 nitrogen and oxygen atoms in total. The summed E-state index contributed by atoms with van der Waals surface area (Å²) in [5.74, 6) is -0.690. The summed E-state index contributed by atoms with van der Waals surface area (Å²) in [6, 6.07) is 12.2. The van der Waals surface area contributed by atoms with Gasteiger partial charge < -0.3 is 22.3 Å². The number of pyridine rings is 1. The lowest BCUT2D eigenvalue weighted by Gasteiger charge is -2.29. The molecular formula is C22H30N4O3. The van der Waals surface area contributed by atoms with Crippen molar-refractivity contribution in [2.45, 2.75) is 50.9 Å². The first kappa shape index (κ1) is 22.8. The molecule has 1 unspecified atom stereocenters. The maximum Gasteiger partial charge on any atom is 0.174 e. The molecule has 0 saturated carbocycles. The lowest BCUT2D eigenvalue weighted by Crippen LogP contribution is -2.65. The van der Waals surface area contributed by atoms with Crippen molar-refractivity contribution < 1.29 is 14.7 Å². The molecule has 1 heterocycles. The minimum atomic E-state index is -2.05. The van der Waals surface area contributed by atoms with Crippen molar-refractivity contribution in [3.05, 3.63) is 54.2 Å². The molecule has 0 bridgehead atoms. The molecule has 2 aromatic rings. The van der Waals surface area contributed by atoms with E-state index in [0.29, 0.717) is 12.0 Å². The summed E-state index contributed by atoms with van der Waals surface area (Å²) in [7, 11) is 0. The zero-order chi connectivity index (χ0) is 21.6. The van der Waals surface area contributed by atoms with Gasteiger partial charge in [-0.2, -0.15) is 0 Å². The van der Waals surface area contributed by atoms with Crippen molar-refractivity contribution in [2.24, 2.45) is 23.1 Å². The van der Waals surface area contributed by atoms with Gasteiger partial charge in [0, 0.05) is 24.6 Å². The molecular weight excluding hydrogens is 368 g/mol. The number of benzene rings is 1. The number of aliphatic hydroxyl groups excluding tert-OH is 1. The number of nitrogens with zero attached hydrogens (tertiary/aromatic N) is 1. The van der Waals surface area contributed by atoms with Gasteiger partial charge in [0.1, 0.15) is 0 Å². The zero-order valence-corrected chi connectivity index (χ0v) is 16.9. The molecule has 0 amide bonds. The van der Waals surface area contributed by atoms with Crippen LogP contribution in [0.4, 0.5) is 0 Å². The zero-order valence-electron chi connectivity index (χ0n) is 16.9. The molecule has 0 aliphatic heterocycles. The Morgan fingerprint density at radius 1 is 1.14 bits per heavy atom. The molecule has 0 radical (unpaired) electrons. The highest BCUT2D eigenvalue weighted by atomic mass is 16.3. The minimum Gasteiger partial charge on any atom is -0.389 e. The summed E-state index contributed by atoms with van der Waals surface area (Å²) in [5.41, 5.74) is 18.0. The highest BCUT2D eigenvalue weighted by Crippen LogP contribution is 2.19. The molecule has 29 heavy (non-hydrogen) atoms. The Morgan fingerprint density at radius 3 is 2.48 bits per heavy atom. The first-order chi connectivity index (χ1) is 13.6. The first-order valence-electron chi connectivity index (χ1n) is 9.69. The van der Waals surface area contributed by atoms with Crippen LogP contribution >= 0.6 is 0 Å². The van der Waals surface area contributed by atoms with Crippen LogP contribution in [0.1, 0.15) is 32.3 Å². The van der Waals surface area contributed by atoms with Crippen molar-refractivity contribution in [3.63, 3.8) is 0 Å². The van der Waals surface area contributed by atoms with Gasteiger partial charge in [0.15, 0.2) is 17.2 Å². The number of ketones is 2. The molecule has 1 aromatic carbocycles. The first-order valence-corrected chi connectivity index (χ1v) is 9.69. The van der Waals surface area contributed by atoms with Gasteiger partial charge in [-0.15, -0.1) is 0 Å². The van der Waals surface area contributed by atoms with Crippen LogP contribution in [0.15, 0.2) is 48.7 Å². The van der Waals surface area contributed by atoms with E-state index in [1.54, 1.807) is 12.3 Å². The summed E-state index contributed by atoms with van der Waals surface area (Å²) in [5, 5.41) is 10.4. The maximum atomic E-state index is 12.7. The van der Waals surface area contributed by atoms with Crippen molar-refractivity contribution in [2.75, 3.05) is 0 Å². The Morgan fingerprint density at radius 2 is 1.86 bits per heavy atom. The average molecular weight is 399 g/mol. The number of aliphatic hydroxyl groups is 1. The quantitative estimate of drug-likeness (QED) is 0.439. The summed E-state index contributed by atoms with van der Waals surface area (Å²) < 4.78 is 0. The van der Waals surface area contributed by atoms with Crippen LogP contribution in [0.5, 0.6) is 0 Å². The smallest absolute Gasteiger partial charge is 0.174 e. The van der Waals surface area contributed by atoms with E-state index in [0.717, 1.165) is 11.3 Å². The van der Waals surface area contributed by atoms with Crippen LogP contribution in [0.25, 0.3) is 11.3 Å². The number of hydrogen-bond donors (Lipinski definition) is 4. The van der Waals surface area contributed by atoms with Crippen LogP contribution in [0.3, 0.4) is 0 Å². The average Bonchev–Trinajstić information content (AvgIpc) is 2.68. The fraction of sp³-hybridized carbons (Fsp3) is 0.409. The van der Waals surface area contributed by atoms with E-state index in [4.69, 9.17) is 17.2 Å². The molecule has 0 aliphatic carbocycles. The predicted octanol–water partition coefficient (Wildman–Crippen LogP) is 1.17. The van der Waals surface area contributed by atoms with Crippen LogP contribution < -0.4 is 17.2 Å². The van der Waals surface area contributed by atoms with Gasteiger partial charge >= 0.3 is 0 Å². The molecule has 0 saturated heterocycles. The van der Waals surface area contributed by atoms with E-state index in [-0.39, 0.29) is 24.5 Å². The number of Topliss-reactive ketones (excluding diaryl/α,β-unsaturated/α-hetero) is 2. The molecule has 2 rings (SSSR count). The number of carbonyl (C=O) groups is 2. The summed E-state index contributed by atoms with van der Waals surface area (Å²) >= 11 is 0. The maximum absolute atomic E-state index is 12.7.